The topological polar surface area (TPSA) is 110 Å². The minimum Gasteiger partial charge on any atom is -0.478 e. The van der Waals surface area contributed by atoms with Crippen molar-refractivity contribution in [3.05, 3.63) is 35.4 Å². The van der Waals surface area contributed by atoms with Gasteiger partial charge in [-0.3, -0.25) is 0 Å². The predicted molar refractivity (Wildman–Crippen MR) is 73.1 cm³/mol. The van der Waals surface area contributed by atoms with Gasteiger partial charge in [-0.2, -0.15) is 0 Å². The van der Waals surface area contributed by atoms with Crippen LogP contribution in [-0.2, 0) is 0 Å². The molecule has 0 bridgehead atoms. The van der Waals surface area contributed by atoms with E-state index < -0.39 is 11.9 Å². The molecule has 5 heteroatoms. The van der Waals surface area contributed by atoms with E-state index in [1.165, 1.54) is 62.8 Å². The molecule has 19 heavy (non-hydrogen) atoms. The highest BCUT2D eigenvalue weighted by molar-refractivity contribution is 5.91. The van der Waals surface area contributed by atoms with Gasteiger partial charge in [0, 0.05) is 0 Å². The summed E-state index contributed by atoms with van der Waals surface area (Å²) in [6.07, 6.45) is 9.00. The fourth-order valence-electron chi connectivity index (χ4n) is 1.82. The second-order valence-corrected chi connectivity index (χ2v) is 4.31. The summed E-state index contributed by atoms with van der Waals surface area (Å²) in [5.41, 5.74) is 0.167. The second-order valence-electron chi connectivity index (χ2n) is 4.31. The van der Waals surface area contributed by atoms with Crippen molar-refractivity contribution >= 4 is 11.9 Å². The number of carboxylic acids is 2. The van der Waals surface area contributed by atoms with Gasteiger partial charge in [0.2, 0.25) is 0 Å². The number of hydrogen-bond acceptors (Lipinski definition) is 3. The van der Waals surface area contributed by atoms with Crippen LogP contribution in [0.5, 0.6) is 0 Å². The lowest BCUT2D eigenvalue weighted by atomic mass is 10.0. The molecular formula is C14H21NO4. The first-order valence-electron chi connectivity index (χ1n) is 6.18. The molecule has 0 radical (unpaired) electrons. The average Bonchev–Trinajstić information content (AvgIpc) is 2.41. The highest BCUT2D eigenvalue weighted by Crippen LogP contribution is 2.15. The molecule has 0 heterocycles. The Morgan fingerprint density at radius 1 is 0.684 bits per heavy atom. The van der Waals surface area contributed by atoms with E-state index in [9.17, 15) is 9.59 Å². The molecule has 5 N–H and O–H groups in total. The molecule has 0 saturated heterocycles. The molecule has 2 rings (SSSR count). The number of aromatic carboxylic acids is 2. The van der Waals surface area contributed by atoms with Crippen molar-refractivity contribution in [1.82, 2.24) is 6.15 Å². The van der Waals surface area contributed by atoms with Gasteiger partial charge < -0.3 is 16.4 Å². The fourth-order valence-corrected chi connectivity index (χ4v) is 1.82. The Kier molecular flexibility index (Phi) is 8.20. The highest BCUT2D eigenvalue weighted by Gasteiger charge is 2.04. The largest absolute Gasteiger partial charge is 0.478 e. The van der Waals surface area contributed by atoms with E-state index >= 15 is 0 Å². The zero-order chi connectivity index (χ0) is 13.4. The van der Waals surface area contributed by atoms with E-state index in [1.54, 1.807) is 0 Å². The van der Waals surface area contributed by atoms with Gasteiger partial charge >= 0.3 is 11.9 Å². The summed E-state index contributed by atoms with van der Waals surface area (Å²) in [6.45, 7) is 0. The van der Waals surface area contributed by atoms with Crippen molar-refractivity contribution in [3.63, 3.8) is 0 Å². The van der Waals surface area contributed by atoms with Crippen molar-refractivity contribution in [1.29, 1.82) is 0 Å². The van der Waals surface area contributed by atoms with Crippen LogP contribution in [-0.4, -0.2) is 22.2 Å². The normalized spacial score (nSPS) is 13.5. The molecule has 1 aromatic rings. The summed E-state index contributed by atoms with van der Waals surface area (Å²) in [5.74, 6) is -2.13. The molecule has 0 aliphatic heterocycles. The van der Waals surface area contributed by atoms with Crippen LogP contribution in [0.2, 0.25) is 0 Å². The summed E-state index contributed by atoms with van der Waals surface area (Å²) in [7, 11) is 0. The number of carboxylic acid groups (broad SMARTS) is 2. The third-order valence-electron chi connectivity index (χ3n) is 2.88. The Balaban J connectivity index is 0.000000392. The Morgan fingerprint density at radius 3 is 1.05 bits per heavy atom. The van der Waals surface area contributed by atoms with Crippen LogP contribution in [0.15, 0.2) is 24.3 Å². The summed E-state index contributed by atoms with van der Waals surface area (Å²) in [6, 6.07) is 5.02. The Labute approximate surface area is 112 Å². The van der Waals surface area contributed by atoms with Crippen molar-refractivity contribution in [2.75, 3.05) is 0 Å². The number of benzene rings is 1. The van der Waals surface area contributed by atoms with Crippen LogP contribution in [0.25, 0.3) is 0 Å². The van der Waals surface area contributed by atoms with E-state index in [2.05, 4.69) is 0 Å². The standard InChI is InChI=1S/C8H6O4.C6H12.H3N/c9-7(10)5-1-2-6(4-3-5)8(11)12;1-2-4-6-5-3-1;/h1-4H,(H,9,10)(H,11,12);1-6H2;1H3. The molecule has 5 nitrogen and oxygen atoms in total. The molecule has 1 aromatic carbocycles. The van der Waals surface area contributed by atoms with Gasteiger partial charge in [0.1, 0.15) is 0 Å². The lowest BCUT2D eigenvalue weighted by Gasteiger charge is -2.05. The average molecular weight is 267 g/mol. The van der Waals surface area contributed by atoms with Crippen LogP contribution in [0, 0.1) is 0 Å². The zero-order valence-electron chi connectivity index (χ0n) is 11.0. The first-order chi connectivity index (χ1) is 8.61. The van der Waals surface area contributed by atoms with Gasteiger partial charge in [0.15, 0.2) is 0 Å². The first kappa shape index (κ1) is 17.1. The molecule has 0 spiro atoms. The summed E-state index contributed by atoms with van der Waals surface area (Å²) in [4.78, 5) is 20.7. The van der Waals surface area contributed by atoms with Crippen LogP contribution in [0.1, 0.15) is 59.2 Å². The monoisotopic (exact) mass is 267 g/mol. The number of hydrogen-bond donors (Lipinski definition) is 3. The highest BCUT2D eigenvalue weighted by atomic mass is 16.4. The molecule has 0 amide bonds. The van der Waals surface area contributed by atoms with E-state index in [1.807, 2.05) is 0 Å². The van der Waals surface area contributed by atoms with Gasteiger partial charge in [-0.05, 0) is 24.3 Å². The van der Waals surface area contributed by atoms with Crippen LogP contribution < -0.4 is 6.15 Å². The molecule has 0 atom stereocenters. The van der Waals surface area contributed by atoms with Crippen molar-refractivity contribution in [2.24, 2.45) is 0 Å². The number of rotatable bonds is 2. The summed E-state index contributed by atoms with van der Waals surface area (Å²) >= 11 is 0. The molecular weight excluding hydrogens is 246 g/mol. The quantitative estimate of drug-likeness (QED) is 0.758. The van der Waals surface area contributed by atoms with Crippen LogP contribution in [0.3, 0.4) is 0 Å². The lowest BCUT2D eigenvalue weighted by molar-refractivity contribution is 0.0681. The van der Waals surface area contributed by atoms with E-state index in [4.69, 9.17) is 10.2 Å². The molecule has 1 fully saturated rings. The second kappa shape index (κ2) is 9.10. The van der Waals surface area contributed by atoms with E-state index in [0.29, 0.717) is 0 Å². The van der Waals surface area contributed by atoms with Gasteiger partial charge in [0.05, 0.1) is 11.1 Å². The minimum absolute atomic E-state index is 0. The number of carbonyl (C=O) groups is 2. The predicted octanol–water partition coefficient (Wildman–Crippen LogP) is 3.59. The maximum absolute atomic E-state index is 10.3. The molecule has 106 valence electrons. The molecule has 0 aromatic heterocycles. The Morgan fingerprint density at radius 2 is 0.895 bits per heavy atom. The van der Waals surface area contributed by atoms with Crippen LogP contribution >= 0.6 is 0 Å². The minimum atomic E-state index is -1.06. The molecule has 1 saturated carbocycles. The van der Waals surface area contributed by atoms with Gasteiger partial charge in [0.25, 0.3) is 0 Å². The summed E-state index contributed by atoms with van der Waals surface area (Å²) < 4.78 is 0. The molecule has 1 aliphatic carbocycles. The van der Waals surface area contributed by atoms with E-state index in [-0.39, 0.29) is 17.3 Å². The zero-order valence-corrected chi connectivity index (χ0v) is 11.0. The van der Waals surface area contributed by atoms with Crippen molar-refractivity contribution in [2.45, 2.75) is 38.5 Å². The van der Waals surface area contributed by atoms with Crippen molar-refractivity contribution in [3.8, 4) is 0 Å². The fraction of sp³-hybridized carbons (Fsp3) is 0.429. The van der Waals surface area contributed by atoms with Gasteiger partial charge in [-0.15, -0.1) is 0 Å². The van der Waals surface area contributed by atoms with Gasteiger partial charge in [-0.25, -0.2) is 9.59 Å². The van der Waals surface area contributed by atoms with Gasteiger partial charge in [-0.1, -0.05) is 38.5 Å². The Bertz CT molecular complexity index is 352. The molecule has 0 unspecified atom stereocenters. The maximum atomic E-state index is 10.3. The maximum Gasteiger partial charge on any atom is 0.335 e. The van der Waals surface area contributed by atoms with Crippen LogP contribution in [0.4, 0.5) is 0 Å². The van der Waals surface area contributed by atoms with Crippen molar-refractivity contribution < 1.29 is 19.8 Å². The molecule has 1 aliphatic rings. The lowest BCUT2D eigenvalue weighted by Crippen LogP contribution is -1.99. The third-order valence-corrected chi connectivity index (χ3v) is 2.88. The van der Waals surface area contributed by atoms with E-state index in [0.717, 1.165) is 0 Å². The SMILES string of the molecule is C1CCCCC1.N.O=C(O)c1ccc(C(=O)O)cc1. The first-order valence-corrected chi connectivity index (χ1v) is 6.18. The summed E-state index contributed by atoms with van der Waals surface area (Å²) in [5, 5.41) is 16.9. The Hall–Kier alpha value is -1.88. The third kappa shape index (κ3) is 6.57. The smallest absolute Gasteiger partial charge is 0.335 e.